The summed E-state index contributed by atoms with van der Waals surface area (Å²) >= 11 is 0. The summed E-state index contributed by atoms with van der Waals surface area (Å²) < 4.78 is 0. The van der Waals surface area contributed by atoms with Crippen LogP contribution in [0.4, 0.5) is 0 Å². The van der Waals surface area contributed by atoms with E-state index in [9.17, 15) is 0 Å². The molecule has 1 aliphatic rings. The molecule has 0 aromatic rings. The molecule has 0 amide bonds. The van der Waals surface area contributed by atoms with Crippen molar-refractivity contribution < 1.29 is 0 Å². The van der Waals surface area contributed by atoms with Crippen LogP contribution in [0.2, 0.25) is 0 Å². The van der Waals surface area contributed by atoms with Crippen LogP contribution in [0.25, 0.3) is 0 Å². The van der Waals surface area contributed by atoms with E-state index in [-0.39, 0.29) is 5.54 Å². The van der Waals surface area contributed by atoms with E-state index in [0.717, 1.165) is 13.1 Å². The average molecular weight is 293 g/mol. The highest BCUT2D eigenvalue weighted by Gasteiger charge is 2.35. The maximum Gasteiger partial charge on any atom is 0.0174 e. The van der Waals surface area contributed by atoms with Crippen LogP contribution in [0.5, 0.6) is 0 Å². The first-order valence-corrected chi connectivity index (χ1v) is 8.57. The van der Waals surface area contributed by atoms with Gasteiger partial charge in [-0.15, -0.1) is 13.2 Å². The molecule has 0 bridgehead atoms. The highest BCUT2D eigenvalue weighted by Crippen LogP contribution is 2.32. The van der Waals surface area contributed by atoms with Gasteiger partial charge in [-0.25, -0.2) is 0 Å². The smallest absolute Gasteiger partial charge is 0.0174 e. The minimum Gasteiger partial charge on any atom is -0.295 e. The molecule has 0 aliphatic carbocycles. The quantitative estimate of drug-likeness (QED) is 0.609. The number of hydrogen-bond donors (Lipinski definition) is 0. The molecular formula is C19H36N2. The summed E-state index contributed by atoms with van der Waals surface area (Å²) in [4.78, 5) is 5.23. The maximum atomic E-state index is 3.91. The Balaban J connectivity index is 2.83. The van der Waals surface area contributed by atoms with Gasteiger partial charge in [0.2, 0.25) is 0 Å². The number of hydrogen-bond acceptors (Lipinski definition) is 2. The van der Waals surface area contributed by atoms with Crippen molar-refractivity contribution in [3.05, 3.63) is 25.3 Å². The summed E-state index contributed by atoms with van der Waals surface area (Å²) in [6.45, 7) is 21.5. The second-order valence-corrected chi connectivity index (χ2v) is 7.47. The van der Waals surface area contributed by atoms with Crippen molar-refractivity contribution in [2.75, 3.05) is 13.1 Å². The summed E-state index contributed by atoms with van der Waals surface area (Å²) in [5.41, 5.74) is 0.178. The Morgan fingerprint density at radius 2 is 1.76 bits per heavy atom. The standard InChI is InChI=1S/C19H36N2/c1-8-13-20(14-9-2)19(6,7)15-18-12-10-11-17(5)21(18)16(3)4/h8-9,16-18H,1-2,10-15H2,3-7H3. The van der Waals surface area contributed by atoms with Crippen molar-refractivity contribution in [3.8, 4) is 0 Å². The lowest BCUT2D eigenvalue weighted by Gasteiger charge is -2.48. The van der Waals surface area contributed by atoms with Crippen molar-refractivity contribution in [1.82, 2.24) is 9.80 Å². The normalized spacial score (nSPS) is 24.5. The Bertz CT molecular complexity index is 322. The molecule has 0 aromatic carbocycles. The van der Waals surface area contributed by atoms with E-state index in [1.165, 1.54) is 25.7 Å². The Morgan fingerprint density at radius 1 is 1.19 bits per heavy atom. The van der Waals surface area contributed by atoms with Gasteiger partial charge in [-0.2, -0.15) is 0 Å². The van der Waals surface area contributed by atoms with Gasteiger partial charge in [0, 0.05) is 36.8 Å². The van der Waals surface area contributed by atoms with Crippen molar-refractivity contribution in [2.45, 2.75) is 84.0 Å². The Morgan fingerprint density at radius 3 is 2.24 bits per heavy atom. The van der Waals surface area contributed by atoms with Gasteiger partial charge in [-0.3, -0.25) is 9.80 Å². The maximum absolute atomic E-state index is 3.91. The lowest BCUT2D eigenvalue weighted by atomic mass is 9.85. The molecule has 1 fully saturated rings. The molecule has 1 saturated heterocycles. The molecule has 1 rings (SSSR count). The Kier molecular flexibility index (Phi) is 7.15. The van der Waals surface area contributed by atoms with Gasteiger partial charge in [0.15, 0.2) is 0 Å². The zero-order valence-corrected chi connectivity index (χ0v) is 14.9. The molecule has 0 saturated carbocycles. The first-order chi connectivity index (χ1) is 9.83. The highest BCUT2D eigenvalue weighted by molar-refractivity contribution is 4.95. The molecule has 0 spiro atoms. The molecule has 1 aliphatic heterocycles. The minimum absolute atomic E-state index is 0.178. The Labute approximate surface area is 132 Å². The first kappa shape index (κ1) is 18.4. The largest absolute Gasteiger partial charge is 0.295 e. The van der Waals surface area contributed by atoms with E-state index in [1.807, 2.05) is 12.2 Å². The highest BCUT2D eigenvalue weighted by atomic mass is 15.2. The zero-order chi connectivity index (χ0) is 16.0. The minimum atomic E-state index is 0.178. The molecule has 0 N–H and O–H groups in total. The second-order valence-electron chi connectivity index (χ2n) is 7.47. The fourth-order valence-corrected chi connectivity index (χ4v) is 4.03. The SMILES string of the molecule is C=CCN(CC=C)C(C)(C)CC1CCCC(C)N1C(C)C. The number of piperidine rings is 1. The monoisotopic (exact) mass is 292 g/mol. The molecule has 2 heteroatoms. The van der Waals surface area contributed by atoms with Gasteiger partial charge in [0.05, 0.1) is 0 Å². The van der Waals surface area contributed by atoms with E-state index in [1.54, 1.807) is 0 Å². The summed E-state index contributed by atoms with van der Waals surface area (Å²) in [5, 5.41) is 0. The molecule has 1 heterocycles. The molecule has 2 atom stereocenters. The van der Waals surface area contributed by atoms with Crippen LogP contribution in [0.15, 0.2) is 25.3 Å². The number of nitrogens with zero attached hydrogens (tertiary/aromatic N) is 2. The van der Waals surface area contributed by atoms with Crippen LogP contribution < -0.4 is 0 Å². The van der Waals surface area contributed by atoms with E-state index < -0.39 is 0 Å². The van der Waals surface area contributed by atoms with Gasteiger partial charge in [-0.1, -0.05) is 18.6 Å². The molecule has 2 unspecified atom stereocenters. The van der Waals surface area contributed by atoms with E-state index in [4.69, 9.17) is 0 Å². The first-order valence-electron chi connectivity index (χ1n) is 8.57. The molecular weight excluding hydrogens is 256 g/mol. The van der Waals surface area contributed by atoms with Crippen LogP contribution >= 0.6 is 0 Å². The van der Waals surface area contributed by atoms with E-state index in [2.05, 4.69) is 57.6 Å². The van der Waals surface area contributed by atoms with Gasteiger partial charge in [0.1, 0.15) is 0 Å². The average Bonchev–Trinajstić information content (AvgIpc) is 2.37. The van der Waals surface area contributed by atoms with Crippen LogP contribution in [-0.2, 0) is 0 Å². The van der Waals surface area contributed by atoms with Crippen LogP contribution in [0, 0.1) is 0 Å². The molecule has 0 aromatic heterocycles. The van der Waals surface area contributed by atoms with Gasteiger partial charge in [-0.05, 0) is 53.9 Å². The number of rotatable bonds is 8. The summed E-state index contributed by atoms with van der Waals surface area (Å²) in [5.74, 6) is 0. The Hall–Kier alpha value is -0.600. The van der Waals surface area contributed by atoms with Crippen molar-refractivity contribution >= 4 is 0 Å². The fraction of sp³-hybridized carbons (Fsp3) is 0.789. The van der Waals surface area contributed by atoms with Gasteiger partial charge < -0.3 is 0 Å². The molecule has 21 heavy (non-hydrogen) atoms. The van der Waals surface area contributed by atoms with Gasteiger partial charge >= 0.3 is 0 Å². The number of likely N-dealkylation sites (tertiary alicyclic amines) is 1. The van der Waals surface area contributed by atoms with E-state index in [0.29, 0.717) is 18.1 Å². The van der Waals surface area contributed by atoms with Crippen molar-refractivity contribution in [3.63, 3.8) is 0 Å². The predicted octanol–water partition coefficient (Wildman–Crippen LogP) is 4.48. The lowest BCUT2D eigenvalue weighted by molar-refractivity contribution is 0.0193. The fourth-order valence-electron chi connectivity index (χ4n) is 4.03. The zero-order valence-electron chi connectivity index (χ0n) is 14.9. The summed E-state index contributed by atoms with van der Waals surface area (Å²) in [6, 6.07) is 2.04. The van der Waals surface area contributed by atoms with Crippen molar-refractivity contribution in [1.29, 1.82) is 0 Å². The summed E-state index contributed by atoms with van der Waals surface area (Å²) in [7, 11) is 0. The third-order valence-corrected chi connectivity index (χ3v) is 4.98. The third-order valence-electron chi connectivity index (χ3n) is 4.98. The predicted molar refractivity (Wildman–Crippen MR) is 94.7 cm³/mol. The molecule has 122 valence electrons. The van der Waals surface area contributed by atoms with Gasteiger partial charge in [0.25, 0.3) is 0 Å². The topological polar surface area (TPSA) is 6.48 Å². The summed E-state index contributed by atoms with van der Waals surface area (Å²) in [6.07, 6.45) is 9.29. The van der Waals surface area contributed by atoms with Crippen LogP contribution in [0.3, 0.4) is 0 Å². The second kappa shape index (κ2) is 8.14. The lowest BCUT2D eigenvalue weighted by Crippen LogP contribution is -2.54. The molecule has 2 nitrogen and oxygen atoms in total. The molecule has 0 radical (unpaired) electrons. The van der Waals surface area contributed by atoms with Crippen molar-refractivity contribution in [2.24, 2.45) is 0 Å². The van der Waals surface area contributed by atoms with Crippen LogP contribution in [0.1, 0.15) is 60.3 Å². The van der Waals surface area contributed by atoms with Crippen LogP contribution in [-0.4, -0.2) is 46.6 Å². The third kappa shape index (κ3) is 4.96. The van der Waals surface area contributed by atoms with E-state index >= 15 is 0 Å².